The normalized spacial score (nSPS) is 18.2. The highest BCUT2D eigenvalue weighted by molar-refractivity contribution is 9.10. The monoisotopic (exact) mass is 358 g/mol. The van der Waals surface area contributed by atoms with Gasteiger partial charge < -0.3 is 9.80 Å². The standard InChI is InChI=1S/C14H16BrClN2O2/c1-17(2)14(20)12-4-3-7-18(12)13(19)10-6-5-9(16)8-11(10)15/h5-6,8,12H,3-4,7H2,1-2H3. The second kappa shape index (κ2) is 6.14. The molecular formula is C14H16BrClN2O2. The highest BCUT2D eigenvalue weighted by Gasteiger charge is 2.35. The second-order valence-electron chi connectivity index (χ2n) is 5.01. The van der Waals surface area contributed by atoms with E-state index in [9.17, 15) is 9.59 Å². The predicted molar refractivity (Wildman–Crippen MR) is 81.9 cm³/mol. The van der Waals surface area contributed by atoms with E-state index in [0.717, 1.165) is 6.42 Å². The number of nitrogens with zero attached hydrogens (tertiary/aromatic N) is 2. The fraction of sp³-hybridized carbons (Fsp3) is 0.429. The maximum atomic E-state index is 12.6. The first-order valence-electron chi connectivity index (χ1n) is 6.39. The van der Waals surface area contributed by atoms with Crippen LogP contribution >= 0.6 is 27.5 Å². The summed E-state index contributed by atoms with van der Waals surface area (Å²) in [7, 11) is 3.42. The lowest BCUT2D eigenvalue weighted by molar-refractivity contribution is -0.132. The summed E-state index contributed by atoms with van der Waals surface area (Å²) in [5.41, 5.74) is 0.535. The zero-order chi connectivity index (χ0) is 14.9. The number of halogens is 2. The molecule has 2 rings (SSSR count). The van der Waals surface area contributed by atoms with Gasteiger partial charge in [-0.05, 0) is 47.0 Å². The maximum Gasteiger partial charge on any atom is 0.255 e. The molecule has 1 unspecified atom stereocenters. The number of rotatable bonds is 2. The van der Waals surface area contributed by atoms with Crippen LogP contribution in [0.3, 0.4) is 0 Å². The smallest absolute Gasteiger partial charge is 0.255 e. The third-order valence-electron chi connectivity index (χ3n) is 3.40. The molecule has 6 heteroatoms. The Hall–Kier alpha value is -1.07. The molecule has 2 amide bonds. The molecule has 0 N–H and O–H groups in total. The van der Waals surface area contributed by atoms with Crippen molar-refractivity contribution >= 4 is 39.3 Å². The number of likely N-dealkylation sites (N-methyl/N-ethyl adjacent to an activating group) is 1. The van der Waals surface area contributed by atoms with Gasteiger partial charge in [0.15, 0.2) is 0 Å². The van der Waals surface area contributed by atoms with Gasteiger partial charge in [-0.2, -0.15) is 0 Å². The van der Waals surface area contributed by atoms with Gasteiger partial charge in [0.1, 0.15) is 6.04 Å². The summed E-state index contributed by atoms with van der Waals surface area (Å²) in [4.78, 5) is 27.9. The minimum Gasteiger partial charge on any atom is -0.347 e. The first-order chi connectivity index (χ1) is 9.41. The van der Waals surface area contributed by atoms with E-state index in [0.29, 0.717) is 28.0 Å². The average molecular weight is 360 g/mol. The predicted octanol–water partition coefficient (Wildman–Crippen LogP) is 2.80. The zero-order valence-electron chi connectivity index (χ0n) is 11.4. The number of likely N-dealkylation sites (tertiary alicyclic amines) is 1. The molecule has 0 spiro atoms. The Morgan fingerprint density at radius 2 is 2.10 bits per heavy atom. The topological polar surface area (TPSA) is 40.6 Å². The summed E-state index contributed by atoms with van der Waals surface area (Å²) in [6.45, 7) is 0.609. The van der Waals surface area contributed by atoms with Crippen molar-refractivity contribution in [2.45, 2.75) is 18.9 Å². The van der Waals surface area contributed by atoms with E-state index in [1.165, 1.54) is 4.90 Å². The van der Waals surface area contributed by atoms with Gasteiger partial charge in [0.05, 0.1) is 5.56 Å². The Morgan fingerprint density at radius 3 is 2.70 bits per heavy atom. The van der Waals surface area contributed by atoms with Crippen LogP contribution < -0.4 is 0 Å². The molecule has 1 aliphatic rings. The van der Waals surface area contributed by atoms with Crippen LogP contribution in [-0.4, -0.2) is 48.3 Å². The summed E-state index contributed by atoms with van der Waals surface area (Å²) >= 11 is 9.24. The van der Waals surface area contributed by atoms with Crippen molar-refractivity contribution in [1.29, 1.82) is 0 Å². The van der Waals surface area contributed by atoms with Gasteiger partial charge in [0.25, 0.3) is 5.91 Å². The van der Waals surface area contributed by atoms with Gasteiger partial charge >= 0.3 is 0 Å². The summed E-state index contributed by atoms with van der Waals surface area (Å²) in [6.07, 6.45) is 1.56. The van der Waals surface area contributed by atoms with Crippen LogP contribution in [-0.2, 0) is 4.79 Å². The Labute approximate surface area is 131 Å². The van der Waals surface area contributed by atoms with Crippen molar-refractivity contribution in [3.8, 4) is 0 Å². The van der Waals surface area contributed by atoms with Gasteiger partial charge in [-0.3, -0.25) is 9.59 Å². The Bertz CT molecular complexity index is 548. The minimum absolute atomic E-state index is 0.0269. The van der Waals surface area contributed by atoms with E-state index in [1.54, 1.807) is 37.2 Å². The Balaban J connectivity index is 2.25. The highest BCUT2D eigenvalue weighted by Crippen LogP contribution is 2.27. The van der Waals surface area contributed by atoms with Crippen molar-refractivity contribution in [3.05, 3.63) is 33.3 Å². The summed E-state index contributed by atoms with van der Waals surface area (Å²) in [5.74, 6) is -0.160. The van der Waals surface area contributed by atoms with Crippen molar-refractivity contribution in [2.24, 2.45) is 0 Å². The number of carbonyl (C=O) groups excluding carboxylic acids is 2. The molecule has 0 radical (unpaired) electrons. The van der Waals surface area contributed by atoms with E-state index in [1.807, 2.05) is 0 Å². The third kappa shape index (κ3) is 2.99. The van der Waals surface area contributed by atoms with Crippen LogP contribution in [0.15, 0.2) is 22.7 Å². The molecule has 1 fully saturated rings. The third-order valence-corrected chi connectivity index (χ3v) is 4.29. The molecule has 0 bridgehead atoms. The van der Waals surface area contributed by atoms with E-state index in [-0.39, 0.29) is 17.9 Å². The SMILES string of the molecule is CN(C)C(=O)C1CCCN1C(=O)c1ccc(Cl)cc1Br. The molecule has 1 aromatic carbocycles. The molecule has 4 nitrogen and oxygen atoms in total. The summed E-state index contributed by atoms with van der Waals surface area (Å²) in [6, 6.07) is 4.69. The van der Waals surface area contributed by atoms with Gasteiger partial charge in [0, 0.05) is 30.1 Å². The van der Waals surface area contributed by atoms with Crippen LogP contribution in [0.1, 0.15) is 23.2 Å². The Kier molecular flexibility index (Phi) is 4.70. The van der Waals surface area contributed by atoms with E-state index < -0.39 is 0 Å². The zero-order valence-corrected chi connectivity index (χ0v) is 13.7. The van der Waals surface area contributed by atoms with Crippen LogP contribution in [0.4, 0.5) is 0 Å². The quantitative estimate of drug-likeness (QED) is 0.815. The number of carbonyl (C=O) groups is 2. The first kappa shape index (κ1) is 15.3. The molecule has 1 aliphatic heterocycles. The van der Waals surface area contributed by atoms with Crippen LogP contribution in [0.5, 0.6) is 0 Å². The lowest BCUT2D eigenvalue weighted by Gasteiger charge is -2.26. The van der Waals surface area contributed by atoms with Crippen LogP contribution in [0.25, 0.3) is 0 Å². The number of hydrogen-bond acceptors (Lipinski definition) is 2. The second-order valence-corrected chi connectivity index (χ2v) is 6.30. The van der Waals surface area contributed by atoms with Crippen molar-refractivity contribution in [1.82, 2.24) is 9.80 Å². The molecule has 1 atom stereocenters. The summed E-state index contributed by atoms with van der Waals surface area (Å²) in [5, 5.41) is 0.566. The van der Waals surface area contributed by atoms with E-state index in [2.05, 4.69) is 15.9 Å². The van der Waals surface area contributed by atoms with Crippen molar-refractivity contribution in [3.63, 3.8) is 0 Å². The number of hydrogen-bond donors (Lipinski definition) is 0. The average Bonchev–Trinajstić information content (AvgIpc) is 2.86. The van der Waals surface area contributed by atoms with Gasteiger partial charge in [-0.25, -0.2) is 0 Å². The molecular weight excluding hydrogens is 344 g/mol. The number of amides is 2. The molecule has 1 saturated heterocycles. The molecule has 1 heterocycles. The number of benzene rings is 1. The van der Waals surface area contributed by atoms with Gasteiger partial charge in [0.2, 0.25) is 5.91 Å². The molecule has 0 aromatic heterocycles. The van der Waals surface area contributed by atoms with E-state index in [4.69, 9.17) is 11.6 Å². The lowest BCUT2D eigenvalue weighted by Crippen LogP contribution is -2.45. The first-order valence-corrected chi connectivity index (χ1v) is 7.56. The Morgan fingerprint density at radius 1 is 1.40 bits per heavy atom. The molecule has 0 saturated carbocycles. The van der Waals surface area contributed by atoms with Crippen LogP contribution in [0, 0.1) is 0 Å². The highest BCUT2D eigenvalue weighted by atomic mass is 79.9. The maximum absolute atomic E-state index is 12.6. The minimum atomic E-state index is -0.361. The van der Waals surface area contributed by atoms with E-state index >= 15 is 0 Å². The fourth-order valence-corrected chi connectivity index (χ4v) is 3.23. The fourth-order valence-electron chi connectivity index (χ4n) is 2.38. The van der Waals surface area contributed by atoms with Gasteiger partial charge in [-0.1, -0.05) is 11.6 Å². The molecule has 108 valence electrons. The molecule has 0 aliphatic carbocycles. The van der Waals surface area contributed by atoms with Gasteiger partial charge in [-0.15, -0.1) is 0 Å². The van der Waals surface area contributed by atoms with Crippen LogP contribution in [0.2, 0.25) is 5.02 Å². The van der Waals surface area contributed by atoms with Crippen molar-refractivity contribution in [2.75, 3.05) is 20.6 Å². The molecule has 1 aromatic rings. The lowest BCUT2D eigenvalue weighted by atomic mass is 10.1. The van der Waals surface area contributed by atoms with Crippen molar-refractivity contribution < 1.29 is 9.59 Å². The largest absolute Gasteiger partial charge is 0.347 e. The summed E-state index contributed by atoms with van der Waals surface area (Å²) < 4.78 is 0.651. The molecule has 20 heavy (non-hydrogen) atoms.